The van der Waals surface area contributed by atoms with Crippen molar-refractivity contribution in [1.82, 2.24) is 9.55 Å². The van der Waals surface area contributed by atoms with Crippen molar-refractivity contribution in [2.24, 2.45) is 0 Å². The first-order chi connectivity index (χ1) is 16.2. The molecule has 1 heterocycles. The Morgan fingerprint density at radius 3 is 2.03 bits per heavy atom. The first kappa shape index (κ1) is 23.2. The van der Waals surface area contributed by atoms with Crippen molar-refractivity contribution < 1.29 is 9.53 Å². The Hall–Kier alpha value is -3.93. The van der Waals surface area contributed by atoms with Gasteiger partial charge in [0.25, 0.3) is 5.56 Å². The molecule has 0 saturated heterocycles. The Bertz CT molecular complexity index is 1330. The van der Waals surface area contributed by atoms with Crippen molar-refractivity contribution in [3.05, 3.63) is 106 Å². The maximum absolute atomic E-state index is 13.9. The summed E-state index contributed by atoms with van der Waals surface area (Å²) >= 11 is 0. The number of carbonyl (C=O) groups excluding carboxylic acids is 1. The van der Waals surface area contributed by atoms with Crippen LogP contribution in [-0.2, 0) is 4.74 Å². The second-order valence-electron chi connectivity index (χ2n) is 9.30. The van der Waals surface area contributed by atoms with Gasteiger partial charge >= 0.3 is 6.09 Å². The fraction of sp³-hybridized carbons (Fsp3) is 0.250. The molecule has 1 aromatic heterocycles. The molecular formula is C28H29N3O3. The molecule has 0 saturated carbocycles. The summed E-state index contributed by atoms with van der Waals surface area (Å²) in [4.78, 5) is 32.6. The molecule has 0 bridgehead atoms. The number of fused-ring (bicyclic) bond motifs is 1. The summed E-state index contributed by atoms with van der Waals surface area (Å²) in [6.45, 7) is 7.30. The summed E-state index contributed by atoms with van der Waals surface area (Å²) < 4.78 is 7.21. The summed E-state index contributed by atoms with van der Waals surface area (Å²) in [6, 6.07) is 24.7. The molecule has 4 rings (SSSR count). The second-order valence-corrected chi connectivity index (χ2v) is 9.30. The number of ether oxygens (including phenoxy) is 1. The van der Waals surface area contributed by atoms with E-state index in [1.807, 2.05) is 88.4 Å². The van der Waals surface area contributed by atoms with Gasteiger partial charge in [-0.2, -0.15) is 0 Å². The highest BCUT2D eigenvalue weighted by Crippen LogP contribution is 2.28. The smallest absolute Gasteiger partial charge is 0.414 e. The quantitative estimate of drug-likeness (QED) is 0.395. The molecule has 0 spiro atoms. The van der Waals surface area contributed by atoms with E-state index in [-0.39, 0.29) is 11.6 Å². The van der Waals surface area contributed by atoms with Crippen molar-refractivity contribution in [3.8, 4) is 0 Å². The van der Waals surface area contributed by atoms with E-state index in [9.17, 15) is 9.59 Å². The lowest BCUT2D eigenvalue weighted by atomic mass is 9.98. The van der Waals surface area contributed by atoms with Crippen LogP contribution in [0.3, 0.4) is 0 Å². The second kappa shape index (κ2) is 9.14. The number of rotatable bonds is 4. The number of amides is 1. The van der Waals surface area contributed by atoms with Gasteiger partial charge in [-0.3, -0.25) is 14.3 Å². The Morgan fingerprint density at radius 2 is 1.50 bits per heavy atom. The van der Waals surface area contributed by atoms with Crippen LogP contribution in [0.5, 0.6) is 0 Å². The molecule has 0 aliphatic heterocycles. The Balaban J connectivity index is 1.88. The maximum atomic E-state index is 13.9. The van der Waals surface area contributed by atoms with Crippen molar-refractivity contribution in [3.63, 3.8) is 0 Å². The fourth-order valence-electron chi connectivity index (χ4n) is 4.01. The fourth-order valence-corrected chi connectivity index (χ4v) is 4.01. The van der Waals surface area contributed by atoms with Gasteiger partial charge in [0.15, 0.2) is 0 Å². The number of hydrogen-bond donors (Lipinski definition) is 0. The van der Waals surface area contributed by atoms with Gasteiger partial charge in [-0.1, -0.05) is 60.7 Å². The third-order valence-corrected chi connectivity index (χ3v) is 5.60. The molecule has 0 radical (unpaired) electrons. The highest BCUT2D eigenvalue weighted by atomic mass is 16.6. The van der Waals surface area contributed by atoms with Gasteiger partial charge in [0.1, 0.15) is 11.4 Å². The number of aryl methyl sites for hydroxylation is 1. The van der Waals surface area contributed by atoms with Crippen molar-refractivity contribution in [2.45, 2.75) is 39.3 Å². The Morgan fingerprint density at radius 1 is 0.941 bits per heavy atom. The minimum atomic E-state index is -0.619. The zero-order chi connectivity index (χ0) is 24.5. The lowest BCUT2D eigenvalue weighted by Gasteiger charge is -2.25. The number of carbonyl (C=O) groups is 1. The van der Waals surface area contributed by atoms with Gasteiger partial charge in [0, 0.05) is 12.7 Å². The molecule has 6 heteroatoms. The van der Waals surface area contributed by atoms with Crippen LogP contribution in [0.2, 0.25) is 0 Å². The summed E-state index contributed by atoms with van der Waals surface area (Å²) in [5, 5.41) is 0.440. The first-order valence-corrected chi connectivity index (χ1v) is 11.3. The van der Waals surface area contributed by atoms with Gasteiger partial charge in [-0.15, -0.1) is 0 Å². The molecule has 0 atom stereocenters. The molecule has 1 amide bonds. The van der Waals surface area contributed by atoms with Crippen LogP contribution in [0.1, 0.15) is 43.8 Å². The van der Waals surface area contributed by atoms with E-state index in [1.165, 1.54) is 4.90 Å². The van der Waals surface area contributed by atoms with E-state index in [0.29, 0.717) is 22.4 Å². The van der Waals surface area contributed by atoms with Crippen LogP contribution in [0.25, 0.3) is 10.9 Å². The lowest BCUT2D eigenvalue weighted by Crippen LogP contribution is -2.34. The maximum Gasteiger partial charge on any atom is 0.414 e. The van der Waals surface area contributed by atoms with E-state index in [0.717, 1.165) is 11.1 Å². The van der Waals surface area contributed by atoms with Crippen LogP contribution in [0.15, 0.2) is 83.7 Å². The van der Waals surface area contributed by atoms with E-state index in [2.05, 4.69) is 0 Å². The largest absolute Gasteiger partial charge is 0.443 e. The van der Waals surface area contributed by atoms with Gasteiger partial charge < -0.3 is 4.74 Å². The number of anilines is 1. The Kier molecular flexibility index (Phi) is 6.24. The molecule has 6 nitrogen and oxygen atoms in total. The first-order valence-electron chi connectivity index (χ1n) is 11.3. The van der Waals surface area contributed by atoms with Gasteiger partial charge in [-0.25, -0.2) is 9.78 Å². The molecule has 34 heavy (non-hydrogen) atoms. The molecule has 0 aliphatic carbocycles. The summed E-state index contributed by atoms with van der Waals surface area (Å²) in [7, 11) is 1.63. The minimum Gasteiger partial charge on any atom is -0.443 e. The van der Waals surface area contributed by atoms with E-state index in [4.69, 9.17) is 9.72 Å². The molecule has 0 unspecified atom stereocenters. The standard InChI is InChI=1S/C28H29N3O3/c1-19-29-24-17-16-22(30(5)27(33)34-28(2,3)4)18-23(24)26(32)31(19)25(20-12-8-6-9-13-20)21-14-10-7-11-15-21/h6-18,25H,1-5H3. The molecule has 174 valence electrons. The van der Waals surface area contributed by atoms with Gasteiger partial charge in [0.05, 0.1) is 16.9 Å². The third-order valence-electron chi connectivity index (χ3n) is 5.60. The molecule has 3 aromatic carbocycles. The lowest BCUT2D eigenvalue weighted by molar-refractivity contribution is 0.0589. The summed E-state index contributed by atoms with van der Waals surface area (Å²) in [5.74, 6) is 0.614. The van der Waals surface area contributed by atoms with Crippen LogP contribution in [0.4, 0.5) is 10.5 Å². The average Bonchev–Trinajstić information content (AvgIpc) is 2.81. The third kappa shape index (κ3) is 4.71. The number of nitrogens with zero attached hydrogens (tertiary/aromatic N) is 3. The number of benzene rings is 3. The van der Waals surface area contributed by atoms with Crippen molar-refractivity contribution in [1.29, 1.82) is 0 Å². The SMILES string of the molecule is Cc1nc2ccc(N(C)C(=O)OC(C)(C)C)cc2c(=O)n1C(c1ccccc1)c1ccccc1. The topological polar surface area (TPSA) is 64.4 Å². The monoisotopic (exact) mass is 455 g/mol. The highest BCUT2D eigenvalue weighted by Gasteiger charge is 2.23. The number of hydrogen-bond acceptors (Lipinski definition) is 4. The van der Waals surface area contributed by atoms with Crippen LogP contribution < -0.4 is 10.5 Å². The van der Waals surface area contributed by atoms with Crippen molar-refractivity contribution in [2.75, 3.05) is 11.9 Å². The predicted octanol–water partition coefficient (Wildman–Crippen LogP) is 5.71. The average molecular weight is 456 g/mol. The summed E-state index contributed by atoms with van der Waals surface area (Å²) in [5.41, 5.74) is 2.34. The summed E-state index contributed by atoms with van der Waals surface area (Å²) in [6.07, 6.45) is -0.487. The molecular weight excluding hydrogens is 426 g/mol. The normalized spacial score (nSPS) is 11.6. The van der Waals surface area contributed by atoms with E-state index in [1.54, 1.807) is 29.8 Å². The minimum absolute atomic E-state index is 0.167. The zero-order valence-corrected chi connectivity index (χ0v) is 20.1. The van der Waals surface area contributed by atoms with E-state index >= 15 is 0 Å². The predicted molar refractivity (Wildman–Crippen MR) is 136 cm³/mol. The molecule has 0 N–H and O–H groups in total. The van der Waals surface area contributed by atoms with Crippen LogP contribution in [0, 0.1) is 6.92 Å². The zero-order valence-electron chi connectivity index (χ0n) is 20.1. The van der Waals surface area contributed by atoms with Crippen molar-refractivity contribution >= 4 is 22.7 Å². The number of aromatic nitrogens is 2. The van der Waals surface area contributed by atoms with Gasteiger partial charge in [0.2, 0.25) is 0 Å². The van der Waals surface area contributed by atoms with Crippen LogP contribution >= 0.6 is 0 Å². The molecule has 4 aromatic rings. The molecule has 0 aliphatic rings. The Labute approximate surface area is 199 Å². The van der Waals surface area contributed by atoms with Crippen LogP contribution in [-0.4, -0.2) is 28.3 Å². The van der Waals surface area contributed by atoms with E-state index < -0.39 is 11.7 Å². The molecule has 0 fully saturated rings. The highest BCUT2D eigenvalue weighted by molar-refractivity contribution is 5.91. The van der Waals surface area contributed by atoms with Gasteiger partial charge in [-0.05, 0) is 57.0 Å².